The Morgan fingerprint density at radius 1 is 1.04 bits per heavy atom. The summed E-state index contributed by atoms with van der Waals surface area (Å²) in [5.41, 5.74) is 1.32. The van der Waals surface area contributed by atoms with Crippen LogP contribution in [0.2, 0.25) is 5.02 Å². The Balaban J connectivity index is 1.82. The first-order valence-electron chi connectivity index (χ1n) is 8.92. The van der Waals surface area contributed by atoms with Crippen molar-refractivity contribution in [3.05, 3.63) is 58.1 Å². The van der Waals surface area contributed by atoms with Crippen LogP contribution in [0.5, 0.6) is 0 Å². The van der Waals surface area contributed by atoms with Crippen molar-refractivity contribution in [2.45, 2.75) is 28.4 Å². The Morgan fingerprint density at radius 3 is 2.44 bits per heavy atom. The molecule has 2 aliphatic rings. The molecule has 1 unspecified atom stereocenters. The van der Waals surface area contributed by atoms with E-state index in [2.05, 4.69) is 22.9 Å². The second kappa shape index (κ2) is 7.32. The van der Waals surface area contributed by atoms with Gasteiger partial charge >= 0.3 is 6.18 Å². The maximum absolute atomic E-state index is 13.4. The summed E-state index contributed by atoms with van der Waals surface area (Å²) in [5, 5.41) is -0.216. The van der Waals surface area contributed by atoms with E-state index < -0.39 is 11.7 Å². The molecule has 0 aromatic heterocycles. The van der Waals surface area contributed by atoms with Crippen molar-refractivity contribution in [1.29, 1.82) is 0 Å². The van der Waals surface area contributed by atoms with E-state index in [1.54, 1.807) is 6.07 Å². The van der Waals surface area contributed by atoms with Crippen molar-refractivity contribution in [1.82, 2.24) is 9.80 Å². The van der Waals surface area contributed by atoms with Crippen LogP contribution in [-0.2, 0) is 12.6 Å². The van der Waals surface area contributed by atoms with Gasteiger partial charge in [-0.15, -0.1) is 0 Å². The van der Waals surface area contributed by atoms with E-state index in [4.69, 9.17) is 11.6 Å². The Labute approximate surface area is 166 Å². The molecule has 144 valence electrons. The maximum atomic E-state index is 13.4. The van der Waals surface area contributed by atoms with Crippen LogP contribution in [0.15, 0.2) is 46.2 Å². The summed E-state index contributed by atoms with van der Waals surface area (Å²) in [6.07, 6.45) is -3.68. The molecule has 7 heteroatoms. The molecular formula is C20H20ClF3N2S. The summed E-state index contributed by atoms with van der Waals surface area (Å²) in [4.78, 5) is 6.33. The molecule has 0 bridgehead atoms. The number of hydrogen-bond donors (Lipinski definition) is 0. The third-order valence-electron chi connectivity index (χ3n) is 5.35. The highest BCUT2D eigenvalue weighted by Crippen LogP contribution is 2.47. The van der Waals surface area contributed by atoms with E-state index in [0.717, 1.165) is 43.1 Å². The van der Waals surface area contributed by atoms with Gasteiger partial charge in [0.25, 0.3) is 0 Å². The van der Waals surface area contributed by atoms with Gasteiger partial charge in [0.1, 0.15) is 0 Å². The van der Waals surface area contributed by atoms with Crippen LogP contribution in [0.1, 0.15) is 22.7 Å². The lowest BCUT2D eigenvalue weighted by atomic mass is 9.95. The molecule has 0 saturated carbocycles. The topological polar surface area (TPSA) is 6.48 Å². The number of likely N-dealkylation sites (N-methyl/N-ethyl adjacent to an activating group) is 1. The van der Waals surface area contributed by atoms with E-state index >= 15 is 0 Å². The molecule has 2 aliphatic heterocycles. The molecule has 1 fully saturated rings. The van der Waals surface area contributed by atoms with E-state index in [1.807, 2.05) is 18.2 Å². The van der Waals surface area contributed by atoms with E-state index in [9.17, 15) is 13.2 Å². The fourth-order valence-electron chi connectivity index (χ4n) is 3.80. The fraction of sp³-hybridized carbons (Fsp3) is 0.400. The average Bonchev–Trinajstić information content (AvgIpc) is 2.77. The maximum Gasteiger partial charge on any atom is 0.417 e. The van der Waals surface area contributed by atoms with E-state index in [1.165, 1.54) is 23.4 Å². The van der Waals surface area contributed by atoms with Crippen molar-refractivity contribution in [2.24, 2.45) is 0 Å². The van der Waals surface area contributed by atoms with Gasteiger partial charge in [0, 0.05) is 42.0 Å². The highest BCUT2D eigenvalue weighted by atomic mass is 35.5. The molecule has 2 nitrogen and oxygen atoms in total. The van der Waals surface area contributed by atoms with Crippen LogP contribution in [0.4, 0.5) is 13.2 Å². The Hall–Kier alpha value is -1.21. The van der Waals surface area contributed by atoms with Gasteiger partial charge in [-0.3, -0.25) is 4.90 Å². The first-order valence-corrected chi connectivity index (χ1v) is 10.1. The Kier molecular flexibility index (Phi) is 5.18. The van der Waals surface area contributed by atoms with Crippen LogP contribution < -0.4 is 0 Å². The number of benzene rings is 2. The zero-order chi connectivity index (χ0) is 19.2. The molecule has 0 aliphatic carbocycles. The first-order chi connectivity index (χ1) is 12.8. The second-order valence-electron chi connectivity index (χ2n) is 7.14. The van der Waals surface area contributed by atoms with Crippen molar-refractivity contribution in [3.8, 4) is 0 Å². The molecule has 27 heavy (non-hydrogen) atoms. The van der Waals surface area contributed by atoms with Crippen LogP contribution in [-0.4, -0.2) is 43.0 Å². The first kappa shape index (κ1) is 19.1. The molecule has 0 amide bonds. The quantitative estimate of drug-likeness (QED) is 0.623. The summed E-state index contributed by atoms with van der Waals surface area (Å²) in [6.45, 7) is 3.70. The monoisotopic (exact) mass is 412 g/mol. The van der Waals surface area contributed by atoms with Gasteiger partial charge in [0.2, 0.25) is 0 Å². The summed E-state index contributed by atoms with van der Waals surface area (Å²) < 4.78 is 40.2. The Bertz CT molecular complexity index is 848. The molecule has 0 radical (unpaired) electrons. The number of nitrogens with zero attached hydrogens (tertiary/aromatic N) is 2. The van der Waals surface area contributed by atoms with Gasteiger partial charge in [0.15, 0.2) is 0 Å². The molecular weight excluding hydrogens is 393 g/mol. The van der Waals surface area contributed by atoms with E-state index in [-0.39, 0.29) is 11.1 Å². The third kappa shape index (κ3) is 3.86. The molecule has 2 heterocycles. The fourth-order valence-corrected chi connectivity index (χ4v) is 5.24. The summed E-state index contributed by atoms with van der Waals surface area (Å²) >= 11 is 7.50. The summed E-state index contributed by atoms with van der Waals surface area (Å²) in [7, 11) is 2.09. The van der Waals surface area contributed by atoms with Crippen LogP contribution in [0, 0.1) is 0 Å². The number of piperazine rings is 1. The van der Waals surface area contributed by atoms with Gasteiger partial charge in [-0.1, -0.05) is 41.6 Å². The minimum Gasteiger partial charge on any atom is -0.304 e. The molecule has 1 atom stereocenters. The predicted molar refractivity (Wildman–Crippen MR) is 103 cm³/mol. The van der Waals surface area contributed by atoms with Gasteiger partial charge in [-0.25, -0.2) is 0 Å². The van der Waals surface area contributed by atoms with Crippen molar-refractivity contribution < 1.29 is 13.2 Å². The highest BCUT2D eigenvalue weighted by molar-refractivity contribution is 7.99. The van der Waals surface area contributed by atoms with Crippen molar-refractivity contribution in [2.75, 3.05) is 33.2 Å². The molecule has 0 spiro atoms. The van der Waals surface area contributed by atoms with Gasteiger partial charge in [-0.2, -0.15) is 13.2 Å². The zero-order valence-corrected chi connectivity index (χ0v) is 16.5. The molecule has 2 aromatic carbocycles. The smallest absolute Gasteiger partial charge is 0.304 e. The standard InChI is InChI=1S/C20H20ClF3N2S/c1-25-6-8-26(9-7-25)17-10-13-4-2-3-5-18(13)27-19-12-15(20(22,23)24)16(21)11-14(17)19/h2-5,11-12,17H,6-10H2,1H3. The SMILES string of the molecule is CN1CCN(C2Cc3ccccc3Sc3cc(C(F)(F)F)c(Cl)cc32)CC1. The highest BCUT2D eigenvalue weighted by Gasteiger charge is 2.36. The number of rotatable bonds is 1. The number of hydrogen-bond acceptors (Lipinski definition) is 3. The number of halogens is 4. The van der Waals surface area contributed by atoms with Crippen molar-refractivity contribution >= 4 is 23.4 Å². The predicted octanol–water partition coefficient (Wildman–Crippen LogP) is 5.35. The van der Waals surface area contributed by atoms with Crippen LogP contribution in [0.25, 0.3) is 0 Å². The van der Waals surface area contributed by atoms with E-state index in [0.29, 0.717) is 4.90 Å². The molecule has 0 N–H and O–H groups in total. The lowest BCUT2D eigenvalue weighted by molar-refractivity contribution is -0.137. The number of fused-ring (bicyclic) bond motifs is 2. The second-order valence-corrected chi connectivity index (χ2v) is 8.63. The molecule has 4 rings (SSSR count). The lowest BCUT2D eigenvalue weighted by Crippen LogP contribution is -2.46. The van der Waals surface area contributed by atoms with Crippen molar-refractivity contribution in [3.63, 3.8) is 0 Å². The largest absolute Gasteiger partial charge is 0.417 e. The van der Waals surface area contributed by atoms with Crippen LogP contribution >= 0.6 is 23.4 Å². The zero-order valence-electron chi connectivity index (χ0n) is 14.9. The normalized spacial score (nSPS) is 21.4. The summed E-state index contributed by atoms with van der Waals surface area (Å²) in [6, 6.07) is 10.8. The van der Waals surface area contributed by atoms with Gasteiger partial charge in [-0.05, 0) is 42.8 Å². The lowest BCUT2D eigenvalue weighted by Gasteiger charge is -2.38. The number of alkyl halides is 3. The Morgan fingerprint density at radius 2 is 1.74 bits per heavy atom. The van der Waals surface area contributed by atoms with Gasteiger partial charge < -0.3 is 4.90 Å². The van der Waals surface area contributed by atoms with Gasteiger partial charge in [0.05, 0.1) is 10.6 Å². The molecule has 1 saturated heterocycles. The van der Waals surface area contributed by atoms with Crippen LogP contribution in [0.3, 0.4) is 0 Å². The third-order valence-corrected chi connectivity index (χ3v) is 6.85. The molecule has 2 aromatic rings. The minimum absolute atomic E-state index is 0.0321. The summed E-state index contributed by atoms with van der Waals surface area (Å²) in [5.74, 6) is 0. The average molecular weight is 413 g/mol. The minimum atomic E-state index is -4.46.